The van der Waals surface area contributed by atoms with Crippen LogP contribution in [0.3, 0.4) is 0 Å². The highest BCUT2D eigenvalue weighted by atomic mass is 32.1. The zero-order chi connectivity index (χ0) is 13.2. The molecule has 1 atom stereocenters. The van der Waals surface area contributed by atoms with E-state index in [0.29, 0.717) is 12.5 Å². The summed E-state index contributed by atoms with van der Waals surface area (Å²) in [5.41, 5.74) is 9.92. The highest BCUT2D eigenvalue weighted by Crippen LogP contribution is 2.30. The summed E-state index contributed by atoms with van der Waals surface area (Å²) < 4.78 is 0. The third kappa shape index (κ3) is 2.31. The lowest BCUT2D eigenvalue weighted by Gasteiger charge is -2.14. The van der Waals surface area contributed by atoms with Crippen LogP contribution in [-0.4, -0.2) is 11.5 Å². The zero-order valence-corrected chi connectivity index (χ0v) is 11.8. The van der Waals surface area contributed by atoms with Crippen molar-refractivity contribution in [1.29, 1.82) is 0 Å². The van der Waals surface area contributed by atoms with E-state index in [0.717, 1.165) is 6.42 Å². The van der Waals surface area contributed by atoms with Crippen LogP contribution in [0.5, 0.6) is 0 Å². The number of benzene rings is 1. The van der Waals surface area contributed by atoms with Crippen molar-refractivity contribution in [1.82, 2.24) is 4.98 Å². The van der Waals surface area contributed by atoms with E-state index in [-0.39, 0.29) is 0 Å². The minimum Gasteiger partial charge on any atom is -0.361 e. The number of para-hydroxylation sites is 1. The second kappa shape index (κ2) is 5.19. The molecule has 0 saturated carbocycles. The minimum absolute atomic E-state index is 0.383. The van der Waals surface area contributed by atoms with E-state index in [2.05, 4.69) is 53.8 Å². The van der Waals surface area contributed by atoms with Crippen LogP contribution in [0.1, 0.15) is 21.9 Å². The molecule has 1 aromatic carbocycles. The number of H-pyrrole nitrogens is 1. The number of aryl methyl sites for hydroxylation is 1. The predicted octanol–water partition coefficient (Wildman–Crippen LogP) is 3.82. The summed E-state index contributed by atoms with van der Waals surface area (Å²) in [5.74, 6) is 0.383. The fraction of sp³-hybridized carbons (Fsp3) is 0.250. The highest BCUT2D eigenvalue weighted by Gasteiger charge is 2.16. The fourth-order valence-electron chi connectivity index (χ4n) is 2.59. The van der Waals surface area contributed by atoms with Crippen molar-refractivity contribution in [3.63, 3.8) is 0 Å². The summed E-state index contributed by atoms with van der Waals surface area (Å²) in [7, 11) is 0. The second-order valence-electron chi connectivity index (χ2n) is 4.95. The van der Waals surface area contributed by atoms with Crippen molar-refractivity contribution in [2.24, 2.45) is 5.73 Å². The Hall–Kier alpha value is -1.58. The van der Waals surface area contributed by atoms with Crippen LogP contribution in [-0.2, 0) is 6.42 Å². The largest absolute Gasteiger partial charge is 0.361 e. The lowest BCUT2D eigenvalue weighted by Crippen LogP contribution is -2.14. The van der Waals surface area contributed by atoms with Crippen LogP contribution in [0, 0.1) is 6.92 Å². The first kappa shape index (κ1) is 12.5. The number of hydrogen-bond donors (Lipinski definition) is 2. The van der Waals surface area contributed by atoms with Gasteiger partial charge in [-0.15, -0.1) is 11.3 Å². The maximum Gasteiger partial charge on any atom is 0.0456 e. The molecule has 19 heavy (non-hydrogen) atoms. The molecule has 0 bridgehead atoms. The van der Waals surface area contributed by atoms with E-state index in [9.17, 15) is 0 Å². The van der Waals surface area contributed by atoms with Gasteiger partial charge in [-0.05, 0) is 48.5 Å². The Morgan fingerprint density at radius 1 is 1.26 bits per heavy atom. The van der Waals surface area contributed by atoms with Gasteiger partial charge in [0.15, 0.2) is 0 Å². The Kier molecular flexibility index (Phi) is 3.40. The number of aromatic amines is 1. The maximum absolute atomic E-state index is 6.01. The molecular weight excluding hydrogens is 252 g/mol. The molecule has 0 fully saturated rings. The number of rotatable bonds is 4. The van der Waals surface area contributed by atoms with Gasteiger partial charge in [0.25, 0.3) is 0 Å². The molecule has 0 radical (unpaired) electrons. The summed E-state index contributed by atoms with van der Waals surface area (Å²) in [6.45, 7) is 2.85. The maximum atomic E-state index is 6.01. The molecule has 3 rings (SSSR count). The van der Waals surface area contributed by atoms with E-state index < -0.39 is 0 Å². The Labute approximate surface area is 117 Å². The fourth-order valence-corrected chi connectivity index (χ4v) is 3.58. The molecule has 1 unspecified atom stereocenters. The molecule has 0 amide bonds. The zero-order valence-electron chi connectivity index (χ0n) is 11.0. The van der Waals surface area contributed by atoms with Gasteiger partial charge in [0, 0.05) is 27.9 Å². The third-order valence-corrected chi connectivity index (χ3v) is 4.79. The summed E-state index contributed by atoms with van der Waals surface area (Å²) in [6.07, 6.45) is 3.15. The molecule has 2 nitrogen and oxygen atoms in total. The van der Waals surface area contributed by atoms with E-state index in [1.54, 1.807) is 0 Å². The van der Waals surface area contributed by atoms with Gasteiger partial charge in [-0.3, -0.25) is 0 Å². The van der Waals surface area contributed by atoms with Crippen molar-refractivity contribution in [3.05, 3.63) is 57.9 Å². The third-order valence-electron chi connectivity index (χ3n) is 3.75. The number of aromatic nitrogens is 1. The molecule has 0 saturated heterocycles. The van der Waals surface area contributed by atoms with E-state index in [1.807, 2.05) is 11.3 Å². The second-order valence-corrected chi connectivity index (χ2v) is 5.95. The summed E-state index contributed by atoms with van der Waals surface area (Å²) in [6, 6.07) is 10.6. The SMILES string of the molecule is Cc1ccsc1CC(CN)c1c[nH]c2ccccc12. The van der Waals surface area contributed by atoms with Crippen molar-refractivity contribution < 1.29 is 0 Å². The van der Waals surface area contributed by atoms with Gasteiger partial charge in [0.1, 0.15) is 0 Å². The molecule has 3 heteroatoms. The van der Waals surface area contributed by atoms with Crippen LogP contribution in [0.15, 0.2) is 41.9 Å². The van der Waals surface area contributed by atoms with Gasteiger partial charge >= 0.3 is 0 Å². The molecule has 0 aliphatic heterocycles. The predicted molar refractivity (Wildman–Crippen MR) is 82.9 cm³/mol. The monoisotopic (exact) mass is 270 g/mol. The average molecular weight is 270 g/mol. The van der Waals surface area contributed by atoms with Gasteiger partial charge in [-0.25, -0.2) is 0 Å². The Morgan fingerprint density at radius 3 is 2.84 bits per heavy atom. The van der Waals surface area contributed by atoms with Gasteiger partial charge < -0.3 is 10.7 Å². The molecular formula is C16H18N2S. The van der Waals surface area contributed by atoms with Gasteiger partial charge in [0.2, 0.25) is 0 Å². The molecule has 2 aromatic heterocycles. The minimum atomic E-state index is 0.383. The first-order chi connectivity index (χ1) is 9.29. The van der Waals surface area contributed by atoms with Gasteiger partial charge in [-0.2, -0.15) is 0 Å². The van der Waals surface area contributed by atoms with Gasteiger partial charge in [-0.1, -0.05) is 18.2 Å². The van der Waals surface area contributed by atoms with Crippen molar-refractivity contribution in [2.45, 2.75) is 19.3 Å². The van der Waals surface area contributed by atoms with Gasteiger partial charge in [0.05, 0.1) is 0 Å². The first-order valence-corrected chi connectivity index (χ1v) is 7.46. The molecule has 0 aliphatic carbocycles. The van der Waals surface area contributed by atoms with Crippen molar-refractivity contribution >= 4 is 22.2 Å². The lowest BCUT2D eigenvalue weighted by molar-refractivity contribution is 0.704. The Bertz CT molecular complexity index is 681. The smallest absolute Gasteiger partial charge is 0.0456 e. The summed E-state index contributed by atoms with van der Waals surface area (Å²) in [5, 5.41) is 3.46. The van der Waals surface area contributed by atoms with Crippen LogP contribution in [0.25, 0.3) is 10.9 Å². The standard InChI is InChI=1S/C16H18N2S/c1-11-6-7-19-16(11)8-12(9-17)14-10-18-15-5-3-2-4-13(14)15/h2-7,10,12,18H,8-9,17H2,1H3. The topological polar surface area (TPSA) is 41.8 Å². The summed E-state index contributed by atoms with van der Waals surface area (Å²) in [4.78, 5) is 4.79. The molecule has 98 valence electrons. The molecule has 0 spiro atoms. The van der Waals surface area contributed by atoms with Crippen LogP contribution in [0.4, 0.5) is 0 Å². The summed E-state index contributed by atoms with van der Waals surface area (Å²) >= 11 is 1.83. The van der Waals surface area contributed by atoms with E-state index in [1.165, 1.54) is 26.9 Å². The number of nitrogens with one attached hydrogen (secondary N) is 1. The first-order valence-electron chi connectivity index (χ1n) is 6.58. The normalized spacial score (nSPS) is 12.9. The van der Waals surface area contributed by atoms with Crippen LogP contribution in [0.2, 0.25) is 0 Å². The molecule has 0 aliphatic rings. The van der Waals surface area contributed by atoms with E-state index in [4.69, 9.17) is 5.73 Å². The quantitative estimate of drug-likeness (QED) is 0.743. The average Bonchev–Trinajstić information content (AvgIpc) is 3.03. The van der Waals surface area contributed by atoms with E-state index >= 15 is 0 Å². The Balaban J connectivity index is 1.96. The lowest BCUT2D eigenvalue weighted by atomic mass is 9.94. The van der Waals surface area contributed by atoms with Crippen molar-refractivity contribution in [2.75, 3.05) is 6.54 Å². The van der Waals surface area contributed by atoms with Crippen LogP contribution < -0.4 is 5.73 Å². The molecule has 2 heterocycles. The Morgan fingerprint density at radius 2 is 2.11 bits per heavy atom. The molecule has 3 N–H and O–H groups in total. The van der Waals surface area contributed by atoms with Crippen molar-refractivity contribution in [3.8, 4) is 0 Å². The highest BCUT2D eigenvalue weighted by molar-refractivity contribution is 7.10. The number of hydrogen-bond acceptors (Lipinski definition) is 2. The number of fused-ring (bicyclic) bond motifs is 1. The van der Waals surface area contributed by atoms with Crippen LogP contribution >= 0.6 is 11.3 Å². The molecule has 3 aromatic rings. The number of nitrogens with two attached hydrogens (primary N) is 1. The number of thiophene rings is 1.